The minimum absolute atomic E-state index is 0.0624. The van der Waals surface area contributed by atoms with Gasteiger partial charge in [-0.1, -0.05) is 30.7 Å². The van der Waals surface area contributed by atoms with Gasteiger partial charge in [-0.3, -0.25) is 9.48 Å². The highest BCUT2D eigenvalue weighted by Gasteiger charge is 2.16. The number of amides is 1. The summed E-state index contributed by atoms with van der Waals surface area (Å²) in [6, 6.07) is 7.76. The van der Waals surface area contributed by atoms with Crippen LogP contribution in [-0.2, 0) is 16.1 Å². The Morgan fingerprint density at radius 3 is 2.76 bits per heavy atom. The molecule has 0 bridgehead atoms. The molecule has 7 nitrogen and oxygen atoms in total. The average Bonchev–Trinajstić information content (AvgIpc) is 3.38. The fourth-order valence-electron chi connectivity index (χ4n) is 3.09. The van der Waals surface area contributed by atoms with Gasteiger partial charge in [0, 0.05) is 35.9 Å². The summed E-state index contributed by atoms with van der Waals surface area (Å²) in [4.78, 5) is 19.4. The van der Waals surface area contributed by atoms with E-state index in [0.717, 1.165) is 48.4 Å². The van der Waals surface area contributed by atoms with Crippen LogP contribution < -0.4 is 10.2 Å². The summed E-state index contributed by atoms with van der Waals surface area (Å²) < 4.78 is 7.07. The number of thiazole rings is 1. The van der Waals surface area contributed by atoms with Gasteiger partial charge in [-0.05, 0) is 12.1 Å². The Labute approximate surface area is 178 Å². The zero-order valence-electron chi connectivity index (χ0n) is 16.0. The molecule has 1 fully saturated rings. The lowest BCUT2D eigenvalue weighted by molar-refractivity contribution is -0.119. The number of hydrogen-bond acceptors (Lipinski definition) is 6. The fraction of sp³-hybridized carbons (Fsp3) is 0.350. The third kappa shape index (κ3) is 4.95. The van der Waals surface area contributed by atoms with Gasteiger partial charge in [-0.2, -0.15) is 5.10 Å². The van der Waals surface area contributed by atoms with Crippen molar-refractivity contribution in [1.29, 1.82) is 0 Å². The van der Waals surface area contributed by atoms with Crippen molar-refractivity contribution in [3.05, 3.63) is 47.1 Å². The van der Waals surface area contributed by atoms with Crippen LogP contribution in [0, 0.1) is 5.92 Å². The van der Waals surface area contributed by atoms with E-state index in [2.05, 4.69) is 20.7 Å². The van der Waals surface area contributed by atoms with Gasteiger partial charge in [0.1, 0.15) is 0 Å². The number of morpholine rings is 1. The predicted molar refractivity (Wildman–Crippen MR) is 116 cm³/mol. The number of rotatable bonds is 6. The molecule has 1 saturated heterocycles. The van der Waals surface area contributed by atoms with E-state index >= 15 is 0 Å². The van der Waals surface area contributed by atoms with Gasteiger partial charge < -0.3 is 15.0 Å². The second kappa shape index (κ2) is 8.94. The van der Waals surface area contributed by atoms with Crippen LogP contribution in [0.2, 0.25) is 5.02 Å². The number of nitrogens with zero attached hydrogens (tertiary/aromatic N) is 4. The van der Waals surface area contributed by atoms with Gasteiger partial charge in [0.2, 0.25) is 5.91 Å². The van der Waals surface area contributed by atoms with Crippen molar-refractivity contribution in [3.63, 3.8) is 0 Å². The first-order valence-electron chi connectivity index (χ1n) is 9.46. The molecule has 152 valence electrons. The Balaban J connectivity index is 1.36. The monoisotopic (exact) mass is 431 g/mol. The van der Waals surface area contributed by atoms with Gasteiger partial charge in [0.15, 0.2) is 5.13 Å². The van der Waals surface area contributed by atoms with Gasteiger partial charge in [0.25, 0.3) is 0 Å². The van der Waals surface area contributed by atoms with Crippen LogP contribution in [0.1, 0.15) is 6.92 Å². The number of carbonyl (C=O) groups is 1. The van der Waals surface area contributed by atoms with E-state index in [-0.39, 0.29) is 11.8 Å². The van der Waals surface area contributed by atoms with Crippen molar-refractivity contribution in [2.75, 3.05) is 36.5 Å². The van der Waals surface area contributed by atoms with Crippen LogP contribution in [0.4, 0.5) is 10.8 Å². The highest BCUT2D eigenvalue weighted by atomic mass is 35.5. The van der Waals surface area contributed by atoms with Crippen LogP contribution >= 0.6 is 22.9 Å². The molecule has 1 aromatic carbocycles. The first-order valence-corrected chi connectivity index (χ1v) is 10.7. The molecule has 3 heterocycles. The first kappa shape index (κ1) is 19.9. The maximum Gasteiger partial charge on any atom is 0.229 e. The summed E-state index contributed by atoms with van der Waals surface area (Å²) in [5.41, 5.74) is 2.73. The first-order chi connectivity index (χ1) is 14.1. The molecule has 0 radical (unpaired) electrons. The molecule has 1 amide bonds. The number of ether oxygens (including phenoxy) is 1. The molecule has 2 aromatic heterocycles. The van der Waals surface area contributed by atoms with E-state index in [0.29, 0.717) is 11.6 Å². The smallest absolute Gasteiger partial charge is 0.229 e. The van der Waals surface area contributed by atoms with E-state index in [9.17, 15) is 4.79 Å². The second-order valence-corrected chi connectivity index (χ2v) is 8.24. The average molecular weight is 432 g/mol. The van der Waals surface area contributed by atoms with E-state index in [1.807, 2.05) is 31.2 Å². The molecule has 1 aliphatic heterocycles. The number of aromatic nitrogens is 3. The second-order valence-electron chi connectivity index (χ2n) is 6.96. The standard InChI is InChI=1S/C20H22ClN5O2S/c1-14(11-26-12-16(21)10-22-26)19(27)23-17-4-2-15(3-5-17)18-13-29-20(24-18)25-6-8-28-9-7-25/h2-5,10,12-14H,6-9,11H2,1H3,(H,23,27). The third-order valence-corrected chi connectivity index (χ3v) is 5.83. The maximum absolute atomic E-state index is 12.4. The Hall–Kier alpha value is -2.42. The number of benzene rings is 1. The lowest BCUT2D eigenvalue weighted by Gasteiger charge is -2.26. The van der Waals surface area contributed by atoms with E-state index < -0.39 is 0 Å². The largest absolute Gasteiger partial charge is 0.378 e. The summed E-state index contributed by atoms with van der Waals surface area (Å²) in [6.45, 7) is 5.58. The summed E-state index contributed by atoms with van der Waals surface area (Å²) >= 11 is 7.51. The number of hydrogen-bond donors (Lipinski definition) is 1. The number of halogens is 1. The molecule has 0 spiro atoms. The van der Waals surface area contributed by atoms with Crippen molar-refractivity contribution < 1.29 is 9.53 Å². The molecule has 0 aliphatic carbocycles. The normalized spacial score (nSPS) is 15.3. The Morgan fingerprint density at radius 2 is 2.07 bits per heavy atom. The molecule has 1 N–H and O–H groups in total. The molecular weight excluding hydrogens is 410 g/mol. The van der Waals surface area contributed by atoms with Gasteiger partial charge in [0.05, 0.1) is 42.6 Å². The molecule has 1 atom stereocenters. The maximum atomic E-state index is 12.4. The van der Waals surface area contributed by atoms with Crippen LogP contribution in [0.15, 0.2) is 42.0 Å². The Bertz CT molecular complexity index is 965. The molecule has 1 unspecified atom stereocenters. The minimum Gasteiger partial charge on any atom is -0.378 e. The zero-order valence-corrected chi connectivity index (χ0v) is 17.6. The molecule has 1 aliphatic rings. The molecule has 9 heteroatoms. The summed E-state index contributed by atoms with van der Waals surface area (Å²) in [5.74, 6) is -0.298. The van der Waals surface area contributed by atoms with Crippen LogP contribution in [0.25, 0.3) is 11.3 Å². The number of nitrogens with one attached hydrogen (secondary N) is 1. The molecule has 29 heavy (non-hydrogen) atoms. The molecule has 0 saturated carbocycles. The van der Waals surface area contributed by atoms with Crippen molar-refractivity contribution in [2.45, 2.75) is 13.5 Å². The lowest BCUT2D eigenvalue weighted by atomic mass is 10.1. The SMILES string of the molecule is CC(Cn1cc(Cl)cn1)C(=O)Nc1ccc(-c2csc(N3CCOCC3)n2)cc1. The van der Waals surface area contributed by atoms with Gasteiger partial charge >= 0.3 is 0 Å². The Morgan fingerprint density at radius 1 is 1.31 bits per heavy atom. The minimum atomic E-state index is -0.236. The van der Waals surface area contributed by atoms with Crippen molar-refractivity contribution in [1.82, 2.24) is 14.8 Å². The number of carbonyl (C=O) groups excluding carboxylic acids is 1. The van der Waals surface area contributed by atoms with E-state index in [1.165, 1.54) is 0 Å². The summed E-state index contributed by atoms with van der Waals surface area (Å²) in [7, 11) is 0. The highest BCUT2D eigenvalue weighted by Crippen LogP contribution is 2.28. The van der Waals surface area contributed by atoms with E-state index in [4.69, 9.17) is 21.3 Å². The van der Waals surface area contributed by atoms with Crippen molar-refractivity contribution >= 4 is 39.7 Å². The van der Waals surface area contributed by atoms with E-state index in [1.54, 1.807) is 28.4 Å². The lowest BCUT2D eigenvalue weighted by Crippen LogP contribution is -2.36. The fourth-order valence-corrected chi connectivity index (χ4v) is 4.13. The molecular formula is C20H22ClN5O2S. The third-order valence-electron chi connectivity index (χ3n) is 4.73. The molecule has 4 rings (SSSR count). The Kier molecular flexibility index (Phi) is 6.13. The van der Waals surface area contributed by atoms with Crippen molar-refractivity contribution in [2.24, 2.45) is 5.92 Å². The summed E-state index contributed by atoms with van der Waals surface area (Å²) in [5, 5.41) is 10.7. The zero-order chi connectivity index (χ0) is 20.2. The van der Waals surface area contributed by atoms with Gasteiger partial charge in [-0.25, -0.2) is 4.98 Å². The summed E-state index contributed by atoms with van der Waals surface area (Å²) in [6.07, 6.45) is 3.27. The van der Waals surface area contributed by atoms with Crippen LogP contribution in [-0.4, -0.2) is 47.0 Å². The van der Waals surface area contributed by atoms with Gasteiger partial charge in [-0.15, -0.1) is 11.3 Å². The topological polar surface area (TPSA) is 72.3 Å². The number of anilines is 2. The van der Waals surface area contributed by atoms with Crippen molar-refractivity contribution in [3.8, 4) is 11.3 Å². The quantitative estimate of drug-likeness (QED) is 0.643. The highest BCUT2D eigenvalue weighted by molar-refractivity contribution is 7.14. The van der Waals surface area contributed by atoms with Crippen LogP contribution in [0.5, 0.6) is 0 Å². The molecule has 3 aromatic rings. The van der Waals surface area contributed by atoms with Crippen LogP contribution in [0.3, 0.4) is 0 Å². The predicted octanol–water partition coefficient (Wildman–Crippen LogP) is 3.77.